The molecule has 1 aromatic carbocycles. The first kappa shape index (κ1) is 13.5. The van der Waals surface area contributed by atoms with Gasteiger partial charge in [0.05, 0.1) is 11.3 Å². The van der Waals surface area contributed by atoms with Gasteiger partial charge < -0.3 is 10.4 Å². The molecular weight excluding hydrogens is 258 g/mol. The van der Waals surface area contributed by atoms with Gasteiger partial charge in [0.15, 0.2) is 0 Å². The third kappa shape index (κ3) is 3.28. The zero-order valence-electron chi connectivity index (χ0n) is 10.4. The molecule has 0 bridgehead atoms. The van der Waals surface area contributed by atoms with Crippen molar-refractivity contribution in [3.05, 3.63) is 53.9 Å². The second-order valence-electron chi connectivity index (χ2n) is 3.95. The van der Waals surface area contributed by atoms with Crippen molar-refractivity contribution in [1.29, 1.82) is 0 Å². The van der Waals surface area contributed by atoms with Crippen LogP contribution in [0.15, 0.2) is 47.7 Å². The van der Waals surface area contributed by atoms with Crippen LogP contribution in [0.4, 0.5) is 11.4 Å². The molecule has 0 unspecified atom stereocenters. The van der Waals surface area contributed by atoms with Gasteiger partial charge in [-0.1, -0.05) is 6.07 Å². The van der Waals surface area contributed by atoms with Crippen LogP contribution in [-0.2, 0) is 11.3 Å². The molecule has 1 aromatic heterocycles. The molecule has 2 aromatic rings. The third-order valence-corrected chi connectivity index (χ3v) is 2.62. The number of carbonyl (C=O) groups is 1. The average Bonchev–Trinajstić information content (AvgIpc) is 2.47. The summed E-state index contributed by atoms with van der Waals surface area (Å²) in [5, 5.41) is 12.0. The summed E-state index contributed by atoms with van der Waals surface area (Å²) in [5.41, 5.74) is 1.81. The number of nitrogens with zero attached hydrogens (tertiary/aromatic N) is 2. The molecule has 0 atom stereocenters. The second-order valence-corrected chi connectivity index (χ2v) is 3.95. The number of aromatic nitrogens is 1. The number of anilines is 1. The largest absolute Gasteiger partial charge is 0.478 e. The Morgan fingerprint density at radius 2 is 2.25 bits per heavy atom. The summed E-state index contributed by atoms with van der Waals surface area (Å²) in [5.74, 6) is -1.08. The number of isocyanates is 1. The second kappa shape index (κ2) is 6.26. The van der Waals surface area contributed by atoms with Gasteiger partial charge in [0, 0.05) is 18.9 Å². The smallest absolute Gasteiger partial charge is 0.335 e. The van der Waals surface area contributed by atoms with Crippen molar-refractivity contribution >= 4 is 23.4 Å². The minimum absolute atomic E-state index is 0.0610. The van der Waals surface area contributed by atoms with E-state index in [1.54, 1.807) is 18.5 Å². The van der Waals surface area contributed by atoms with Crippen molar-refractivity contribution in [2.45, 2.75) is 6.54 Å². The monoisotopic (exact) mass is 269 g/mol. The van der Waals surface area contributed by atoms with Gasteiger partial charge in [-0.25, -0.2) is 9.59 Å². The number of pyridine rings is 1. The van der Waals surface area contributed by atoms with Crippen LogP contribution in [0, 0.1) is 0 Å². The molecule has 0 aliphatic rings. The fourth-order valence-corrected chi connectivity index (χ4v) is 1.66. The van der Waals surface area contributed by atoms with Crippen LogP contribution in [0.5, 0.6) is 0 Å². The molecule has 100 valence electrons. The maximum Gasteiger partial charge on any atom is 0.335 e. The number of carboxylic acids is 1. The van der Waals surface area contributed by atoms with E-state index in [4.69, 9.17) is 5.11 Å². The van der Waals surface area contributed by atoms with Crippen molar-refractivity contribution < 1.29 is 14.7 Å². The third-order valence-electron chi connectivity index (χ3n) is 2.62. The average molecular weight is 269 g/mol. The highest BCUT2D eigenvalue weighted by Crippen LogP contribution is 2.26. The highest BCUT2D eigenvalue weighted by Gasteiger charge is 2.08. The zero-order valence-corrected chi connectivity index (χ0v) is 10.4. The minimum Gasteiger partial charge on any atom is -0.478 e. The lowest BCUT2D eigenvalue weighted by atomic mass is 10.1. The summed E-state index contributed by atoms with van der Waals surface area (Å²) in [6, 6.07) is 8.04. The Kier molecular flexibility index (Phi) is 4.21. The van der Waals surface area contributed by atoms with Gasteiger partial charge in [0.2, 0.25) is 6.08 Å². The van der Waals surface area contributed by atoms with Crippen LogP contribution in [0.2, 0.25) is 0 Å². The highest BCUT2D eigenvalue weighted by molar-refractivity contribution is 5.90. The lowest BCUT2D eigenvalue weighted by Crippen LogP contribution is -2.01. The lowest BCUT2D eigenvalue weighted by molar-refractivity contribution is 0.0697. The first-order valence-electron chi connectivity index (χ1n) is 5.78. The number of hydrogen-bond acceptors (Lipinski definition) is 5. The number of aromatic carboxylic acids is 1. The fourth-order valence-electron chi connectivity index (χ4n) is 1.66. The van der Waals surface area contributed by atoms with E-state index in [1.807, 2.05) is 12.1 Å². The molecule has 2 rings (SSSR count). The SMILES string of the molecule is O=C=Nc1cc(C(=O)O)ccc1NCc1cccnc1. The van der Waals surface area contributed by atoms with Crippen molar-refractivity contribution in [2.75, 3.05) is 5.32 Å². The molecule has 0 fully saturated rings. The number of carbonyl (C=O) groups excluding carboxylic acids is 1. The van der Waals surface area contributed by atoms with Gasteiger partial charge in [-0.15, -0.1) is 0 Å². The molecule has 0 spiro atoms. The van der Waals surface area contributed by atoms with Crippen LogP contribution in [0.25, 0.3) is 0 Å². The zero-order chi connectivity index (χ0) is 14.4. The fraction of sp³-hybridized carbons (Fsp3) is 0.0714. The number of aliphatic imine (C=N–C) groups is 1. The maximum absolute atomic E-state index is 10.9. The normalized spacial score (nSPS) is 9.60. The molecule has 1 heterocycles. The predicted octanol–water partition coefficient (Wildman–Crippen LogP) is 2.36. The standard InChI is InChI=1S/C14H11N3O3/c18-9-17-13-6-11(14(19)20)3-4-12(13)16-8-10-2-1-5-15-7-10/h1-7,16H,8H2,(H,19,20). The van der Waals surface area contributed by atoms with Crippen molar-refractivity contribution in [3.63, 3.8) is 0 Å². The number of benzene rings is 1. The Labute approximate surface area is 114 Å². The van der Waals surface area contributed by atoms with Crippen LogP contribution >= 0.6 is 0 Å². The maximum atomic E-state index is 10.9. The Bertz CT molecular complexity index is 665. The Morgan fingerprint density at radius 1 is 1.40 bits per heavy atom. The molecule has 6 heteroatoms. The van der Waals surface area contributed by atoms with E-state index < -0.39 is 5.97 Å². The van der Waals surface area contributed by atoms with E-state index in [2.05, 4.69) is 15.3 Å². The summed E-state index contributed by atoms with van der Waals surface area (Å²) in [6.07, 6.45) is 4.80. The molecule has 0 aliphatic carbocycles. The van der Waals surface area contributed by atoms with E-state index in [9.17, 15) is 9.59 Å². The van der Waals surface area contributed by atoms with Crippen molar-refractivity contribution in [2.24, 2.45) is 4.99 Å². The Morgan fingerprint density at radius 3 is 2.90 bits per heavy atom. The van der Waals surface area contributed by atoms with E-state index in [0.717, 1.165) is 5.56 Å². The predicted molar refractivity (Wildman–Crippen MR) is 72.7 cm³/mol. The summed E-state index contributed by atoms with van der Waals surface area (Å²) in [7, 11) is 0. The van der Waals surface area contributed by atoms with Crippen molar-refractivity contribution in [1.82, 2.24) is 4.98 Å². The molecule has 6 nitrogen and oxygen atoms in total. The number of nitrogens with one attached hydrogen (secondary N) is 1. The Balaban J connectivity index is 2.22. The first-order chi connectivity index (χ1) is 9.70. The lowest BCUT2D eigenvalue weighted by Gasteiger charge is -2.09. The van der Waals surface area contributed by atoms with Gasteiger partial charge in [-0.2, -0.15) is 4.99 Å². The first-order valence-corrected chi connectivity index (χ1v) is 5.78. The number of rotatable bonds is 5. The van der Waals surface area contributed by atoms with E-state index in [1.165, 1.54) is 18.2 Å². The van der Waals surface area contributed by atoms with E-state index in [0.29, 0.717) is 12.2 Å². The van der Waals surface area contributed by atoms with Gasteiger partial charge in [0.1, 0.15) is 5.69 Å². The number of hydrogen-bond donors (Lipinski definition) is 2. The van der Waals surface area contributed by atoms with Gasteiger partial charge in [0.25, 0.3) is 0 Å². The minimum atomic E-state index is -1.08. The highest BCUT2D eigenvalue weighted by atomic mass is 16.4. The summed E-state index contributed by atoms with van der Waals surface area (Å²) in [4.78, 5) is 28.8. The Hall–Kier alpha value is -2.98. The summed E-state index contributed by atoms with van der Waals surface area (Å²) >= 11 is 0. The molecular formula is C14H11N3O3. The molecule has 0 saturated carbocycles. The van der Waals surface area contributed by atoms with Crippen molar-refractivity contribution in [3.8, 4) is 0 Å². The van der Waals surface area contributed by atoms with Gasteiger partial charge in [-0.3, -0.25) is 4.98 Å². The van der Waals surface area contributed by atoms with E-state index >= 15 is 0 Å². The van der Waals surface area contributed by atoms with Gasteiger partial charge >= 0.3 is 5.97 Å². The topological polar surface area (TPSA) is 91.7 Å². The summed E-state index contributed by atoms with van der Waals surface area (Å²) in [6.45, 7) is 0.488. The number of carboxylic acid groups (broad SMARTS) is 1. The molecule has 0 radical (unpaired) electrons. The van der Waals surface area contributed by atoms with E-state index in [-0.39, 0.29) is 11.3 Å². The molecule has 0 saturated heterocycles. The van der Waals surface area contributed by atoms with Crippen LogP contribution < -0.4 is 5.32 Å². The van der Waals surface area contributed by atoms with Crippen LogP contribution in [0.3, 0.4) is 0 Å². The quantitative estimate of drug-likeness (QED) is 0.642. The molecule has 2 N–H and O–H groups in total. The summed E-state index contributed by atoms with van der Waals surface area (Å²) < 4.78 is 0. The molecule has 0 amide bonds. The van der Waals surface area contributed by atoms with Crippen LogP contribution in [0.1, 0.15) is 15.9 Å². The van der Waals surface area contributed by atoms with Gasteiger partial charge in [-0.05, 0) is 29.8 Å². The molecule has 20 heavy (non-hydrogen) atoms. The van der Waals surface area contributed by atoms with Crippen LogP contribution in [-0.4, -0.2) is 22.1 Å². The molecule has 0 aliphatic heterocycles.